The van der Waals surface area contributed by atoms with E-state index in [2.05, 4.69) is 27.5 Å². The summed E-state index contributed by atoms with van der Waals surface area (Å²) in [5, 5.41) is 6.81. The minimum atomic E-state index is 0.00746. The first-order valence-corrected chi connectivity index (χ1v) is 10.9. The Balaban J connectivity index is 0.000000228. The Kier molecular flexibility index (Phi) is 10.2. The number of rotatable bonds is 8. The Morgan fingerprint density at radius 1 is 1.09 bits per heavy atom. The van der Waals surface area contributed by atoms with Crippen LogP contribution in [0.1, 0.15) is 37.2 Å². The molecule has 2 amide bonds. The van der Waals surface area contributed by atoms with Crippen LogP contribution in [0.15, 0.2) is 60.9 Å². The van der Waals surface area contributed by atoms with Crippen LogP contribution in [-0.4, -0.2) is 52.4 Å². The van der Waals surface area contributed by atoms with E-state index in [-0.39, 0.29) is 12.1 Å². The highest BCUT2D eigenvalue weighted by Gasteiger charge is 2.14. The molecule has 7 heteroatoms. The molecule has 3 rings (SSSR count). The van der Waals surface area contributed by atoms with Gasteiger partial charge >= 0.3 is 6.03 Å². The maximum Gasteiger partial charge on any atom is 0.317 e. The lowest BCUT2D eigenvalue weighted by Crippen LogP contribution is -2.43. The minimum absolute atomic E-state index is 0.00746. The first-order chi connectivity index (χ1) is 15.4. The molecule has 1 heterocycles. The van der Waals surface area contributed by atoms with Gasteiger partial charge in [-0.3, -0.25) is 0 Å². The number of methoxy groups -OCH3 is 1. The molecule has 0 spiro atoms. The average molecular weight is 438 g/mol. The number of amides is 2. The SMILES string of the molecule is CNC(=O)N(CCCc1ccccc1)C(C)C.COc1ccc(Cn2ncnc2C)cc1. The van der Waals surface area contributed by atoms with Crippen molar-refractivity contribution in [1.82, 2.24) is 25.0 Å². The van der Waals surface area contributed by atoms with Gasteiger partial charge in [-0.15, -0.1) is 0 Å². The van der Waals surface area contributed by atoms with E-state index in [0.717, 1.165) is 37.5 Å². The summed E-state index contributed by atoms with van der Waals surface area (Å²) in [6.45, 7) is 7.56. The predicted molar refractivity (Wildman–Crippen MR) is 128 cm³/mol. The summed E-state index contributed by atoms with van der Waals surface area (Å²) in [7, 11) is 3.34. The maximum atomic E-state index is 11.6. The number of hydrogen-bond acceptors (Lipinski definition) is 4. The summed E-state index contributed by atoms with van der Waals surface area (Å²) in [6, 6.07) is 18.6. The third-order valence-electron chi connectivity index (χ3n) is 5.11. The number of hydrogen-bond donors (Lipinski definition) is 1. The summed E-state index contributed by atoms with van der Waals surface area (Å²) in [5.74, 6) is 1.79. The van der Waals surface area contributed by atoms with Crippen molar-refractivity contribution in [3.05, 3.63) is 77.9 Å². The van der Waals surface area contributed by atoms with Crippen molar-refractivity contribution in [3.63, 3.8) is 0 Å². The maximum absolute atomic E-state index is 11.6. The normalized spacial score (nSPS) is 10.3. The fourth-order valence-electron chi connectivity index (χ4n) is 3.22. The van der Waals surface area contributed by atoms with Crippen molar-refractivity contribution in [1.29, 1.82) is 0 Å². The molecule has 1 aromatic heterocycles. The number of nitrogens with zero attached hydrogens (tertiary/aromatic N) is 4. The standard InChI is InChI=1S/C14H22N2O.C11H13N3O/c1-12(2)16(14(17)15-3)11-7-10-13-8-5-4-6-9-13;1-9-12-8-13-14(9)7-10-3-5-11(15-2)6-4-10/h4-6,8-9,12H,7,10-11H2,1-3H3,(H,15,17);3-6,8H,7H2,1-2H3. The van der Waals surface area contributed by atoms with E-state index in [0.29, 0.717) is 0 Å². The molecule has 0 radical (unpaired) electrons. The molecule has 2 aromatic carbocycles. The van der Waals surface area contributed by atoms with E-state index in [4.69, 9.17) is 4.74 Å². The topological polar surface area (TPSA) is 72.3 Å². The van der Waals surface area contributed by atoms with Crippen molar-refractivity contribution in [3.8, 4) is 5.75 Å². The Hall–Kier alpha value is -3.35. The van der Waals surface area contributed by atoms with E-state index in [1.807, 2.05) is 72.8 Å². The monoisotopic (exact) mass is 437 g/mol. The summed E-state index contributed by atoms with van der Waals surface area (Å²) in [4.78, 5) is 17.5. The second kappa shape index (κ2) is 13.1. The highest BCUT2D eigenvalue weighted by atomic mass is 16.5. The minimum Gasteiger partial charge on any atom is -0.497 e. The Bertz CT molecular complexity index is 923. The van der Waals surface area contributed by atoms with Crippen LogP contribution in [-0.2, 0) is 13.0 Å². The molecule has 0 aliphatic rings. The summed E-state index contributed by atoms with van der Waals surface area (Å²) >= 11 is 0. The second-order valence-electron chi connectivity index (χ2n) is 7.74. The molecule has 172 valence electrons. The number of urea groups is 1. The highest BCUT2D eigenvalue weighted by Crippen LogP contribution is 2.12. The molecule has 7 nitrogen and oxygen atoms in total. The van der Waals surface area contributed by atoms with Crippen LogP contribution < -0.4 is 10.1 Å². The van der Waals surface area contributed by atoms with Crippen molar-refractivity contribution in [2.75, 3.05) is 20.7 Å². The predicted octanol–water partition coefficient (Wildman–Crippen LogP) is 4.31. The van der Waals surface area contributed by atoms with Gasteiger partial charge in [0.15, 0.2) is 0 Å². The Labute approximate surface area is 191 Å². The molecule has 0 aliphatic heterocycles. The molecule has 3 aromatic rings. The fraction of sp³-hybridized carbons (Fsp3) is 0.400. The molecular weight excluding hydrogens is 402 g/mol. The van der Waals surface area contributed by atoms with Crippen LogP contribution in [0.3, 0.4) is 0 Å². The van der Waals surface area contributed by atoms with Crippen molar-refractivity contribution in [2.45, 2.75) is 46.2 Å². The molecule has 1 N–H and O–H groups in total. The van der Waals surface area contributed by atoms with Gasteiger partial charge in [-0.2, -0.15) is 5.10 Å². The van der Waals surface area contributed by atoms with Crippen LogP contribution in [0.25, 0.3) is 0 Å². The van der Waals surface area contributed by atoms with Crippen LogP contribution in [0, 0.1) is 6.92 Å². The van der Waals surface area contributed by atoms with Crippen LogP contribution >= 0.6 is 0 Å². The van der Waals surface area contributed by atoms with Gasteiger partial charge in [-0.1, -0.05) is 42.5 Å². The first kappa shape index (κ1) is 24.9. The Morgan fingerprint density at radius 2 is 1.78 bits per heavy atom. The van der Waals surface area contributed by atoms with E-state index >= 15 is 0 Å². The third-order valence-corrected chi connectivity index (χ3v) is 5.11. The van der Waals surface area contributed by atoms with Crippen LogP contribution in [0.4, 0.5) is 4.79 Å². The highest BCUT2D eigenvalue weighted by molar-refractivity contribution is 5.74. The number of aromatic nitrogens is 3. The van der Waals surface area contributed by atoms with Gasteiger partial charge in [0.05, 0.1) is 13.7 Å². The number of nitrogens with one attached hydrogen (secondary N) is 1. The van der Waals surface area contributed by atoms with Crippen molar-refractivity contribution in [2.24, 2.45) is 0 Å². The number of ether oxygens (including phenoxy) is 1. The summed E-state index contributed by atoms with van der Waals surface area (Å²) < 4.78 is 6.96. The molecule has 0 atom stereocenters. The number of aryl methyl sites for hydroxylation is 2. The van der Waals surface area contributed by atoms with Gasteiger partial charge < -0.3 is 15.0 Å². The van der Waals surface area contributed by atoms with E-state index in [1.165, 1.54) is 11.1 Å². The first-order valence-electron chi connectivity index (χ1n) is 10.9. The average Bonchev–Trinajstić information content (AvgIpc) is 3.22. The quantitative estimate of drug-likeness (QED) is 0.570. The lowest BCUT2D eigenvalue weighted by Gasteiger charge is -2.26. The van der Waals surface area contributed by atoms with E-state index in [1.54, 1.807) is 20.5 Å². The van der Waals surface area contributed by atoms with Crippen LogP contribution in [0.2, 0.25) is 0 Å². The largest absolute Gasteiger partial charge is 0.497 e. The summed E-state index contributed by atoms with van der Waals surface area (Å²) in [5.41, 5.74) is 2.51. The number of carbonyl (C=O) groups is 1. The lowest BCUT2D eigenvalue weighted by molar-refractivity contribution is 0.184. The zero-order chi connectivity index (χ0) is 23.3. The van der Waals surface area contributed by atoms with Gasteiger partial charge in [0.25, 0.3) is 0 Å². The summed E-state index contributed by atoms with van der Waals surface area (Å²) in [6.07, 6.45) is 3.58. The van der Waals surface area contributed by atoms with Gasteiger partial charge in [0.1, 0.15) is 17.9 Å². The zero-order valence-corrected chi connectivity index (χ0v) is 19.8. The molecular formula is C25H35N5O2. The van der Waals surface area contributed by atoms with Crippen molar-refractivity contribution < 1.29 is 9.53 Å². The van der Waals surface area contributed by atoms with Crippen LogP contribution in [0.5, 0.6) is 5.75 Å². The molecule has 0 bridgehead atoms. The van der Waals surface area contributed by atoms with E-state index < -0.39 is 0 Å². The lowest BCUT2D eigenvalue weighted by atomic mass is 10.1. The van der Waals surface area contributed by atoms with Gasteiger partial charge in [-0.25, -0.2) is 14.5 Å². The van der Waals surface area contributed by atoms with E-state index in [9.17, 15) is 4.79 Å². The smallest absolute Gasteiger partial charge is 0.317 e. The molecule has 32 heavy (non-hydrogen) atoms. The molecule has 0 saturated carbocycles. The molecule has 0 fully saturated rings. The van der Waals surface area contributed by atoms with Crippen molar-refractivity contribution >= 4 is 6.03 Å². The molecule has 0 unspecified atom stereocenters. The Morgan fingerprint density at radius 3 is 2.31 bits per heavy atom. The number of benzene rings is 2. The zero-order valence-electron chi connectivity index (χ0n) is 19.8. The molecule has 0 aliphatic carbocycles. The second-order valence-corrected chi connectivity index (χ2v) is 7.74. The fourth-order valence-corrected chi connectivity index (χ4v) is 3.22. The van der Waals surface area contributed by atoms with Gasteiger partial charge in [-0.05, 0) is 56.9 Å². The molecule has 0 saturated heterocycles. The number of carbonyl (C=O) groups excluding carboxylic acids is 1. The van der Waals surface area contributed by atoms with Gasteiger partial charge in [0, 0.05) is 19.6 Å². The third kappa shape index (κ3) is 8.06. The van der Waals surface area contributed by atoms with Gasteiger partial charge in [0.2, 0.25) is 0 Å².